The maximum absolute atomic E-state index is 4.04. The molecule has 0 atom stereocenters. The Hall–Kier alpha value is -0.0400. The zero-order valence-electron chi connectivity index (χ0n) is 15.9. The molecule has 22 heavy (non-hydrogen) atoms. The maximum Gasteiger partial charge on any atom is -0.00187 e. The van der Waals surface area contributed by atoms with Crippen molar-refractivity contribution in [3.05, 3.63) is 6.92 Å². The average molecular weight is 311 g/mol. The summed E-state index contributed by atoms with van der Waals surface area (Å²) in [6.45, 7) is 12.4. The second-order valence-electron chi connectivity index (χ2n) is 6.94. The number of unbranched alkanes of at least 4 members (excludes halogenated alkanes) is 12. The first-order valence-corrected chi connectivity index (χ1v) is 10.4. The van der Waals surface area contributed by atoms with Crippen LogP contribution >= 0.6 is 0 Å². The van der Waals surface area contributed by atoms with E-state index in [2.05, 4.69) is 25.7 Å². The number of rotatable bonds is 18. The van der Waals surface area contributed by atoms with E-state index in [1.165, 1.54) is 110 Å². The Kier molecular flexibility index (Phi) is 19.0. The predicted octanol–water partition coefficient (Wildman–Crippen LogP) is 7.01. The molecule has 1 heteroatoms. The SMILES string of the molecule is [CH2]CCN(CCCCCCCC)CCCCCCCCCC. The van der Waals surface area contributed by atoms with Gasteiger partial charge in [0.2, 0.25) is 0 Å². The molecule has 0 aromatic rings. The summed E-state index contributed by atoms with van der Waals surface area (Å²) in [6, 6.07) is 0. The highest BCUT2D eigenvalue weighted by molar-refractivity contribution is 4.60. The summed E-state index contributed by atoms with van der Waals surface area (Å²) < 4.78 is 0. The third-order valence-electron chi connectivity index (χ3n) is 4.63. The molecule has 1 radical (unpaired) electrons. The normalized spacial score (nSPS) is 11.5. The molecule has 0 aliphatic carbocycles. The van der Waals surface area contributed by atoms with Gasteiger partial charge in [-0.15, -0.1) is 0 Å². The van der Waals surface area contributed by atoms with Gasteiger partial charge < -0.3 is 4.90 Å². The topological polar surface area (TPSA) is 3.24 Å². The van der Waals surface area contributed by atoms with E-state index in [0.29, 0.717) is 0 Å². The molecular weight excluding hydrogens is 266 g/mol. The number of hydrogen-bond donors (Lipinski definition) is 0. The molecule has 0 aromatic heterocycles. The summed E-state index contributed by atoms with van der Waals surface area (Å²) >= 11 is 0. The van der Waals surface area contributed by atoms with Crippen LogP contribution in [0.4, 0.5) is 0 Å². The fraction of sp³-hybridized carbons (Fsp3) is 0.952. The van der Waals surface area contributed by atoms with Crippen LogP contribution in [0.15, 0.2) is 0 Å². The highest BCUT2D eigenvalue weighted by Gasteiger charge is 2.03. The largest absolute Gasteiger partial charge is 0.303 e. The maximum atomic E-state index is 4.04. The van der Waals surface area contributed by atoms with Crippen molar-refractivity contribution in [2.24, 2.45) is 0 Å². The van der Waals surface area contributed by atoms with Crippen molar-refractivity contribution >= 4 is 0 Å². The fourth-order valence-electron chi connectivity index (χ4n) is 3.14. The van der Waals surface area contributed by atoms with Crippen molar-refractivity contribution in [1.29, 1.82) is 0 Å². The molecule has 133 valence electrons. The first-order valence-electron chi connectivity index (χ1n) is 10.4. The Morgan fingerprint density at radius 1 is 0.500 bits per heavy atom. The lowest BCUT2D eigenvalue weighted by atomic mass is 10.1. The molecule has 0 unspecified atom stereocenters. The van der Waals surface area contributed by atoms with Crippen LogP contribution < -0.4 is 0 Å². The Morgan fingerprint density at radius 3 is 1.23 bits per heavy atom. The second kappa shape index (κ2) is 19.0. The van der Waals surface area contributed by atoms with Gasteiger partial charge in [-0.1, -0.05) is 97.8 Å². The molecule has 0 aliphatic heterocycles. The zero-order valence-corrected chi connectivity index (χ0v) is 15.9. The van der Waals surface area contributed by atoms with Gasteiger partial charge in [0.15, 0.2) is 0 Å². The first kappa shape index (κ1) is 22.0. The third kappa shape index (κ3) is 16.3. The average Bonchev–Trinajstić information content (AvgIpc) is 2.53. The third-order valence-corrected chi connectivity index (χ3v) is 4.63. The summed E-state index contributed by atoms with van der Waals surface area (Å²) in [6.07, 6.45) is 20.9. The van der Waals surface area contributed by atoms with Crippen molar-refractivity contribution in [1.82, 2.24) is 4.90 Å². The van der Waals surface area contributed by atoms with Gasteiger partial charge in [0.25, 0.3) is 0 Å². The van der Waals surface area contributed by atoms with Gasteiger partial charge >= 0.3 is 0 Å². The van der Waals surface area contributed by atoms with Crippen molar-refractivity contribution in [2.45, 2.75) is 110 Å². The highest BCUT2D eigenvalue weighted by Crippen LogP contribution is 2.10. The summed E-state index contributed by atoms with van der Waals surface area (Å²) in [5.74, 6) is 0. The molecule has 0 fully saturated rings. The predicted molar refractivity (Wildman–Crippen MR) is 102 cm³/mol. The minimum atomic E-state index is 1.06. The highest BCUT2D eigenvalue weighted by atomic mass is 15.1. The van der Waals surface area contributed by atoms with Gasteiger partial charge in [-0.25, -0.2) is 0 Å². The van der Waals surface area contributed by atoms with E-state index < -0.39 is 0 Å². The van der Waals surface area contributed by atoms with Crippen molar-refractivity contribution in [3.63, 3.8) is 0 Å². The standard InChI is InChI=1S/C21H44N/c1-4-7-9-11-13-14-16-18-21-22(19-6-3)20-17-15-12-10-8-5-2/h3-21H2,1-2H3. The van der Waals surface area contributed by atoms with Crippen LogP contribution in [0.5, 0.6) is 0 Å². The molecule has 1 nitrogen and oxygen atoms in total. The van der Waals surface area contributed by atoms with E-state index in [1.54, 1.807) is 0 Å². The van der Waals surface area contributed by atoms with Crippen LogP contribution in [0.3, 0.4) is 0 Å². The summed E-state index contributed by atoms with van der Waals surface area (Å²) in [5, 5.41) is 0. The summed E-state index contributed by atoms with van der Waals surface area (Å²) in [4.78, 5) is 2.66. The number of nitrogens with zero attached hydrogens (tertiary/aromatic N) is 1. The van der Waals surface area contributed by atoms with Crippen LogP contribution in [0, 0.1) is 6.92 Å². The van der Waals surface area contributed by atoms with Crippen LogP contribution in [-0.4, -0.2) is 24.5 Å². The molecule has 0 spiro atoms. The lowest BCUT2D eigenvalue weighted by Crippen LogP contribution is -2.27. The molecular formula is C21H44N. The zero-order chi connectivity index (χ0) is 16.3. The fourth-order valence-corrected chi connectivity index (χ4v) is 3.14. The van der Waals surface area contributed by atoms with E-state index in [1.807, 2.05) is 0 Å². The molecule has 0 rings (SSSR count). The van der Waals surface area contributed by atoms with Gasteiger partial charge in [0, 0.05) is 0 Å². The lowest BCUT2D eigenvalue weighted by molar-refractivity contribution is 0.264. The molecule has 0 saturated heterocycles. The molecule has 0 amide bonds. The van der Waals surface area contributed by atoms with Crippen LogP contribution in [0.25, 0.3) is 0 Å². The van der Waals surface area contributed by atoms with Crippen LogP contribution in [0.1, 0.15) is 110 Å². The van der Waals surface area contributed by atoms with Gasteiger partial charge in [0.1, 0.15) is 0 Å². The molecule has 0 aliphatic rings. The van der Waals surface area contributed by atoms with Crippen LogP contribution in [-0.2, 0) is 0 Å². The minimum absolute atomic E-state index is 1.06. The summed E-state index contributed by atoms with van der Waals surface area (Å²) in [5.41, 5.74) is 0. The quantitative estimate of drug-likeness (QED) is 0.246. The monoisotopic (exact) mass is 310 g/mol. The van der Waals surface area contributed by atoms with E-state index in [-0.39, 0.29) is 0 Å². The Morgan fingerprint density at radius 2 is 0.864 bits per heavy atom. The molecule has 0 N–H and O–H groups in total. The van der Waals surface area contributed by atoms with Gasteiger partial charge in [0.05, 0.1) is 0 Å². The Labute approximate surface area is 142 Å². The van der Waals surface area contributed by atoms with Gasteiger partial charge in [-0.05, 0) is 38.9 Å². The van der Waals surface area contributed by atoms with E-state index in [0.717, 1.165) is 6.42 Å². The first-order chi connectivity index (χ1) is 10.8. The molecule has 0 aromatic carbocycles. The second-order valence-corrected chi connectivity index (χ2v) is 6.94. The van der Waals surface area contributed by atoms with Crippen molar-refractivity contribution in [2.75, 3.05) is 19.6 Å². The smallest absolute Gasteiger partial charge is 0.00187 e. The van der Waals surface area contributed by atoms with E-state index in [9.17, 15) is 0 Å². The van der Waals surface area contributed by atoms with E-state index in [4.69, 9.17) is 0 Å². The van der Waals surface area contributed by atoms with Crippen molar-refractivity contribution in [3.8, 4) is 0 Å². The van der Waals surface area contributed by atoms with Crippen molar-refractivity contribution < 1.29 is 0 Å². The molecule has 0 bridgehead atoms. The Bertz CT molecular complexity index is 190. The van der Waals surface area contributed by atoms with Gasteiger partial charge in [-0.2, -0.15) is 0 Å². The van der Waals surface area contributed by atoms with E-state index >= 15 is 0 Å². The van der Waals surface area contributed by atoms with Gasteiger partial charge in [-0.3, -0.25) is 0 Å². The molecule has 0 heterocycles. The lowest BCUT2D eigenvalue weighted by Gasteiger charge is -2.21. The Balaban J connectivity index is 3.43. The number of hydrogen-bond acceptors (Lipinski definition) is 1. The summed E-state index contributed by atoms with van der Waals surface area (Å²) in [7, 11) is 0. The molecule has 0 saturated carbocycles. The van der Waals surface area contributed by atoms with Crippen LogP contribution in [0.2, 0.25) is 0 Å². The minimum Gasteiger partial charge on any atom is -0.303 e.